The van der Waals surface area contributed by atoms with E-state index in [1.165, 1.54) is 36.7 Å². The molecule has 4 aromatic rings. The number of pyridine rings is 1. The number of sulfonamides is 1. The van der Waals surface area contributed by atoms with Gasteiger partial charge in [0.2, 0.25) is 15.8 Å². The average Bonchev–Trinajstić information content (AvgIpc) is 3.19. The van der Waals surface area contributed by atoms with E-state index in [1.807, 2.05) is 4.72 Å². The summed E-state index contributed by atoms with van der Waals surface area (Å²) in [4.78, 5) is 20.1. The molecule has 0 saturated carbocycles. The molecule has 170 valence electrons. The Morgan fingerprint density at radius 1 is 1.09 bits per heavy atom. The maximum atomic E-state index is 15.1. The standard InChI is InChI=1S/C23H18F3N3O3S/c1-2-9-33(31,32)29-19-8-7-18(25)20(21(19)26)22(30)16-12-28-23-15(16)10-13(11-27-23)14-5-3-4-6-17(14)24/h3-8,10-12,29H,2,9H2,1H3,(H,27,28). The number of ketones is 1. The smallest absolute Gasteiger partial charge is 0.232 e. The summed E-state index contributed by atoms with van der Waals surface area (Å²) >= 11 is 0. The molecule has 2 N–H and O–H groups in total. The van der Waals surface area contributed by atoms with Crippen molar-refractivity contribution in [3.8, 4) is 11.1 Å². The zero-order valence-electron chi connectivity index (χ0n) is 17.3. The second kappa shape index (κ2) is 8.70. The number of carbonyl (C=O) groups is 1. The number of nitrogens with one attached hydrogen (secondary N) is 2. The van der Waals surface area contributed by atoms with E-state index in [2.05, 4.69) is 9.97 Å². The Bertz CT molecular complexity index is 1480. The predicted molar refractivity (Wildman–Crippen MR) is 119 cm³/mol. The predicted octanol–water partition coefficient (Wildman–Crippen LogP) is 5.03. The van der Waals surface area contributed by atoms with E-state index in [0.717, 1.165) is 12.1 Å². The third kappa shape index (κ3) is 4.34. The number of hydrogen-bond donors (Lipinski definition) is 2. The summed E-state index contributed by atoms with van der Waals surface area (Å²) in [7, 11) is -3.87. The van der Waals surface area contributed by atoms with Crippen molar-refractivity contribution in [1.82, 2.24) is 9.97 Å². The minimum atomic E-state index is -3.87. The fourth-order valence-corrected chi connectivity index (χ4v) is 4.63. The molecule has 0 saturated heterocycles. The number of benzene rings is 2. The van der Waals surface area contributed by atoms with Gasteiger partial charge in [-0.05, 0) is 30.7 Å². The summed E-state index contributed by atoms with van der Waals surface area (Å²) in [5, 5.41) is 0.233. The van der Waals surface area contributed by atoms with E-state index in [1.54, 1.807) is 13.0 Å². The van der Waals surface area contributed by atoms with Crippen molar-refractivity contribution in [3.05, 3.63) is 83.4 Å². The number of aromatic amines is 1. The fourth-order valence-electron chi connectivity index (χ4n) is 3.50. The first-order valence-electron chi connectivity index (χ1n) is 9.97. The van der Waals surface area contributed by atoms with Crippen LogP contribution in [0.2, 0.25) is 0 Å². The monoisotopic (exact) mass is 473 g/mol. The molecule has 4 rings (SSSR count). The molecule has 2 aromatic heterocycles. The molecule has 0 aliphatic carbocycles. The summed E-state index contributed by atoms with van der Waals surface area (Å²) in [6.45, 7) is 1.63. The maximum Gasteiger partial charge on any atom is 0.232 e. The molecule has 10 heteroatoms. The number of anilines is 1. The number of carbonyl (C=O) groups excluding carboxylic acids is 1. The van der Waals surface area contributed by atoms with Gasteiger partial charge >= 0.3 is 0 Å². The van der Waals surface area contributed by atoms with Crippen molar-refractivity contribution in [2.45, 2.75) is 13.3 Å². The van der Waals surface area contributed by atoms with Crippen molar-refractivity contribution in [1.29, 1.82) is 0 Å². The molecule has 0 amide bonds. The van der Waals surface area contributed by atoms with Gasteiger partial charge in [0.1, 0.15) is 17.3 Å². The summed E-state index contributed by atoms with van der Waals surface area (Å²) in [5.41, 5.74) is -0.657. The summed E-state index contributed by atoms with van der Waals surface area (Å²) in [6.07, 6.45) is 2.95. The van der Waals surface area contributed by atoms with Gasteiger partial charge in [0.25, 0.3) is 0 Å². The lowest BCUT2D eigenvalue weighted by Crippen LogP contribution is -2.18. The van der Waals surface area contributed by atoms with E-state index >= 15 is 4.39 Å². The normalized spacial score (nSPS) is 11.6. The van der Waals surface area contributed by atoms with Gasteiger partial charge in [0.15, 0.2) is 5.82 Å². The number of aromatic nitrogens is 2. The van der Waals surface area contributed by atoms with Crippen LogP contribution in [0, 0.1) is 17.5 Å². The number of hydrogen-bond acceptors (Lipinski definition) is 4. The van der Waals surface area contributed by atoms with Crippen molar-refractivity contribution in [2.75, 3.05) is 10.5 Å². The van der Waals surface area contributed by atoms with Gasteiger partial charge in [-0.15, -0.1) is 0 Å². The topological polar surface area (TPSA) is 91.9 Å². The van der Waals surface area contributed by atoms with Crippen molar-refractivity contribution < 1.29 is 26.4 Å². The van der Waals surface area contributed by atoms with Gasteiger partial charge in [0, 0.05) is 34.5 Å². The first-order chi connectivity index (χ1) is 15.7. The van der Waals surface area contributed by atoms with Crippen LogP contribution in [0.15, 0.2) is 54.9 Å². The minimum Gasteiger partial charge on any atom is -0.345 e. The lowest BCUT2D eigenvalue weighted by molar-refractivity contribution is 0.103. The third-order valence-electron chi connectivity index (χ3n) is 5.02. The third-order valence-corrected chi connectivity index (χ3v) is 6.49. The molecule has 2 aromatic carbocycles. The second-order valence-electron chi connectivity index (χ2n) is 7.34. The molecule has 2 heterocycles. The largest absolute Gasteiger partial charge is 0.345 e. The van der Waals surface area contributed by atoms with E-state index in [9.17, 15) is 22.0 Å². The first-order valence-corrected chi connectivity index (χ1v) is 11.6. The minimum absolute atomic E-state index is 0.0953. The Labute approximate surface area is 187 Å². The van der Waals surface area contributed by atoms with Crippen LogP contribution < -0.4 is 4.72 Å². The number of nitrogens with zero attached hydrogens (tertiary/aromatic N) is 1. The van der Waals surface area contributed by atoms with E-state index in [-0.39, 0.29) is 34.3 Å². The van der Waals surface area contributed by atoms with Gasteiger partial charge in [-0.1, -0.05) is 25.1 Å². The molecule has 0 fully saturated rings. The molecule has 0 spiro atoms. The molecule has 33 heavy (non-hydrogen) atoms. The molecule has 6 nitrogen and oxygen atoms in total. The van der Waals surface area contributed by atoms with Gasteiger partial charge in [-0.3, -0.25) is 9.52 Å². The number of rotatable bonds is 7. The Kier molecular flexibility index (Phi) is 5.94. The highest BCUT2D eigenvalue weighted by Gasteiger charge is 2.26. The SMILES string of the molecule is CCCS(=O)(=O)Nc1ccc(F)c(C(=O)c2c[nH]c3ncc(-c4ccccc4F)cc23)c1F. The molecule has 0 unspecified atom stereocenters. The Morgan fingerprint density at radius 2 is 1.85 bits per heavy atom. The van der Waals surface area contributed by atoms with Crippen LogP contribution in [-0.2, 0) is 10.0 Å². The van der Waals surface area contributed by atoms with E-state index in [4.69, 9.17) is 0 Å². The Morgan fingerprint density at radius 3 is 2.58 bits per heavy atom. The highest BCUT2D eigenvalue weighted by molar-refractivity contribution is 7.92. The van der Waals surface area contributed by atoms with Crippen LogP contribution in [0.4, 0.5) is 18.9 Å². The second-order valence-corrected chi connectivity index (χ2v) is 9.18. The van der Waals surface area contributed by atoms with Crippen LogP contribution >= 0.6 is 0 Å². The van der Waals surface area contributed by atoms with Gasteiger partial charge in [-0.2, -0.15) is 0 Å². The highest BCUT2D eigenvalue weighted by Crippen LogP contribution is 2.30. The van der Waals surface area contributed by atoms with Crippen LogP contribution in [0.1, 0.15) is 29.3 Å². The van der Waals surface area contributed by atoms with Crippen molar-refractivity contribution in [2.24, 2.45) is 0 Å². The molecule has 0 atom stereocenters. The van der Waals surface area contributed by atoms with Crippen LogP contribution in [0.3, 0.4) is 0 Å². The van der Waals surface area contributed by atoms with Crippen molar-refractivity contribution >= 4 is 32.5 Å². The summed E-state index contributed by atoms with van der Waals surface area (Å²) in [5.74, 6) is -4.25. The lowest BCUT2D eigenvalue weighted by atomic mass is 9.99. The number of halogens is 3. The van der Waals surface area contributed by atoms with Gasteiger partial charge in [-0.25, -0.2) is 26.6 Å². The van der Waals surface area contributed by atoms with E-state index < -0.39 is 44.5 Å². The quantitative estimate of drug-likeness (QED) is 0.368. The molecule has 0 aliphatic heterocycles. The summed E-state index contributed by atoms with van der Waals surface area (Å²) in [6, 6.07) is 9.22. The lowest BCUT2D eigenvalue weighted by Gasteiger charge is -2.11. The van der Waals surface area contributed by atoms with Crippen LogP contribution in [-0.4, -0.2) is 29.9 Å². The highest BCUT2D eigenvalue weighted by atomic mass is 32.2. The molecular formula is C23H18F3N3O3S. The molecular weight excluding hydrogens is 455 g/mol. The average molecular weight is 473 g/mol. The number of H-pyrrole nitrogens is 1. The van der Waals surface area contributed by atoms with Crippen molar-refractivity contribution in [3.63, 3.8) is 0 Å². The van der Waals surface area contributed by atoms with E-state index in [0.29, 0.717) is 5.56 Å². The molecule has 0 bridgehead atoms. The zero-order chi connectivity index (χ0) is 23.8. The molecule has 0 radical (unpaired) electrons. The fraction of sp³-hybridized carbons (Fsp3) is 0.130. The van der Waals surface area contributed by atoms with Crippen LogP contribution in [0.5, 0.6) is 0 Å². The molecule has 0 aliphatic rings. The number of fused-ring (bicyclic) bond motifs is 1. The summed E-state index contributed by atoms with van der Waals surface area (Å²) < 4.78 is 69.9. The maximum absolute atomic E-state index is 15.1. The van der Waals surface area contributed by atoms with Crippen LogP contribution in [0.25, 0.3) is 22.2 Å². The first kappa shape index (κ1) is 22.5. The Balaban J connectivity index is 1.80. The van der Waals surface area contributed by atoms with Gasteiger partial charge < -0.3 is 4.98 Å². The zero-order valence-corrected chi connectivity index (χ0v) is 18.1. The Hall–Kier alpha value is -3.66. The van der Waals surface area contributed by atoms with Gasteiger partial charge in [0.05, 0.1) is 17.0 Å².